The van der Waals surface area contributed by atoms with E-state index in [4.69, 9.17) is 5.11 Å². The van der Waals surface area contributed by atoms with Gasteiger partial charge in [-0.15, -0.1) is 11.3 Å². The van der Waals surface area contributed by atoms with Gasteiger partial charge in [-0.05, 0) is 25.0 Å². The van der Waals surface area contributed by atoms with Crippen molar-refractivity contribution >= 4 is 27.3 Å². The third-order valence-electron chi connectivity index (χ3n) is 2.49. The van der Waals surface area contributed by atoms with Crippen LogP contribution in [0.1, 0.15) is 25.1 Å². The second kappa shape index (κ2) is 5.81. The van der Waals surface area contributed by atoms with E-state index in [1.54, 1.807) is 19.9 Å². The average molecular weight is 291 g/mol. The Kier molecular flexibility index (Phi) is 4.89. The second-order valence-corrected chi connectivity index (χ2v) is 7.66. The first-order chi connectivity index (χ1) is 8.22. The number of thiophene rings is 1. The molecule has 0 aromatic carbocycles. The average Bonchev–Trinajstić information content (AvgIpc) is 2.63. The Bertz CT molecular complexity index is 519. The molecule has 0 aliphatic rings. The summed E-state index contributed by atoms with van der Waals surface area (Å²) in [7, 11) is -3.62. The molecule has 0 saturated carbocycles. The molecule has 0 aliphatic heterocycles. The molecule has 2 N–H and O–H groups in total. The van der Waals surface area contributed by atoms with Gasteiger partial charge in [0.2, 0.25) is 10.0 Å². The highest BCUT2D eigenvalue weighted by Gasteiger charge is 2.25. The fraction of sp³-hybridized carbons (Fsp3) is 0.545. The summed E-state index contributed by atoms with van der Waals surface area (Å²) in [5, 5.41) is 8.77. The number of hydrogen-bond acceptors (Lipinski definition) is 4. The molecular formula is C11H17NO4S2. The predicted octanol–water partition coefficient (Wildman–Crippen LogP) is 1.83. The number of aliphatic carboxylic acids is 1. The smallest absolute Gasteiger partial charge is 0.304 e. The molecule has 0 fully saturated rings. The molecule has 7 heteroatoms. The van der Waals surface area contributed by atoms with Gasteiger partial charge < -0.3 is 5.11 Å². The van der Waals surface area contributed by atoms with Crippen LogP contribution in [-0.2, 0) is 14.8 Å². The van der Waals surface area contributed by atoms with E-state index in [1.165, 1.54) is 17.4 Å². The van der Waals surface area contributed by atoms with Crippen LogP contribution in [0.4, 0.5) is 0 Å². The fourth-order valence-corrected chi connectivity index (χ4v) is 4.10. The highest BCUT2D eigenvalue weighted by molar-refractivity contribution is 7.91. The normalized spacial score (nSPS) is 13.8. The van der Waals surface area contributed by atoms with Crippen molar-refractivity contribution in [1.29, 1.82) is 0 Å². The molecule has 18 heavy (non-hydrogen) atoms. The largest absolute Gasteiger partial charge is 0.481 e. The summed E-state index contributed by atoms with van der Waals surface area (Å²) < 4.78 is 26.8. The van der Waals surface area contributed by atoms with Crippen LogP contribution >= 0.6 is 11.3 Å². The van der Waals surface area contributed by atoms with Gasteiger partial charge in [-0.3, -0.25) is 4.79 Å². The molecule has 1 heterocycles. The monoisotopic (exact) mass is 291 g/mol. The standard InChI is InChI=1S/C11H17NO4S2/c1-7(2)9(6-10(13)14)12-18(15,16)11-5-4-8(3)17-11/h4-5,7,9,12H,6H2,1-3H3,(H,13,14). The lowest BCUT2D eigenvalue weighted by Crippen LogP contribution is -2.39. The molecular weight excluding hydrogens is 274 g/mol. The van der Waals surface area contributed by atoms with Gasteiger partial charge in [-0.2, -0.15) is 0 Å². The molecule has 1 rings (SSSR count). The maximum absolute atomic E-state index is 12.0. The van der Waals surface area contributed by atoms with Crippen LogP contribution in [0, 0.1) is 12.8 Å². The minimum absolute atomic E-state index is 0.0862. The van der Waals surface area contributed by atoms with Crippen LogP contribution in [0.25, 0.3) is 0 Å². The Balaban J connectivity index is 2.89. The molecule has 102 valence electrons. The highest BCUT2D eigenvalue weighted by atomic mass is 32.2. The van der Waals surface area contributed by atoms with Crippen molar-refractivity contribution in [2.45, 2.75) is 37.4 Å². The number of carboxylic acid groups (broad SMARTS) is 1. The van der Waals surface area contributed by atoms with E-state index < -0.39 is 22.0 Å². The van der Waals surface area contributed by atoms with Gasteiger partial charge >= 0.3 is 5.97 Å². The van der Waals surface area contributed by atoms with Crippen LogP contribution in [-0.4, -0.2) is 25.5 Å². The third-order valence-corrected chi connectivity index (χ3v) is 5.47. The first-order valence-corrected chi connectivity index (χ1v) is 7.83. The summed E-state index contributed by atoms with van der Waals surface area (Å²) in [5.41, 5.74) is 0. The summed E-state index contributed by atoms with van der Waals surface area (Å²) in [5.74, 6) is -1.10. The van der Waals surface area contributed by atoms with Crippen LogP contribution in [0.5, 0.6) is 0 Å². The molecule has 5 nitrogen and oxygen atoms in total. The zero-order valence-corrected chi connectivity index (χ0v) is 12.1. The molecule has 1 unspecified atom stereocenters. The molecule has 0 bridgehead atoms. The SMILES string of the molecule is Cc1ccc(S(=O)(=O)NC(CC(=O)O)C(C)C)s1. The molecule has 0 amide bonds. The molecule has 1 aromatic rings. The first-order valence-electron chi connectivity index (χ1n) is 5.53. The zero-order chi connectivity index (χ0) is 13.9. The number of aryl methyl sites for hydroxylation is 1. The summed E-state index contributed by atoms with van der Waals surface area (Å²) in [6.45, 7) is 5.40. The summed E-state index contributed by atoms with van der Waals surface area (Å²) in [4.78, 5) is 11.6. The Morgan fingerprint density at radius 1 is 1.44 bits per heavy atom. The number of carboxylic acids is 1. The summed E-state index contributed by atoms with van der Waals surface area (Å²) in [6.07, 6.45) is -0.221. The first kappa shape index (κ1) is 15.1. The van der Waals surface area contributed by atoms with E-state index in [2.05, 4.69) is 4.72 Å². The van der Waals surface area contributed by atoms with Crippen molar-refractivity contribution in [3.8, 4) is 0 Å². The minimum atomic E-state index is -3.62. The minimum Gasteiger partial charge on any atom is -0.481 e. The second-order valence-electron chi connectivity index (χ2n) is 4.43. The van der Waals surface area contributed by atoms with Gasteiger partial charge in [-0.25, -0.2) is 13.1 Å². The molecule has 0 aliphatic carbocycles. The van der Waals surface area contributed by atoms with Gasteiger partial charge in [0, 0.05) is 10.9 Å². The lowest BCUT2D eigenvalue weighted by Gasteiger charge is -2.19. The topological polar surface area (TPSA) is 83.5 Å². The van der Waals surface area contributed by atoms with E-state index in [9.17, 15) is 13.2 Å². The number of rotatable bonds is 6. The Hall–Kier alpha value is -0.920. The number of sulfonamides is 1. The van der Waals surface area contributed by atoms with Crippen molar-refractivity contribution < 1.29 is 18.3 Å². The van der Waals surface area contributed by atoms with E-state index in [0.717, 1.165) is 4.88 Å². The van der Waals surface area contributed by atoms with Crippen LogP contribution < -0.4 is 4.72 Å². The molecule has 1 aromatic heterocycles. The Labute approximate surface area is 111 Å². The Morgan fingerprint density at radius 3 is 2.44 bits per heavy atom. The molecule has 0 saturated heterocycles. The highest BCUT2D eigenvalue weighted by Crippen LogP contribution is 2.21. The van der Waals surface area contributed by atoms with Gasteiger partial charge in [0.15, 0.2) is 0 Å². The van der Waals surface area contributed by atoms with Crippen LogP contribution in [0.3, 0.4) is 0 Å². The molecule has 0 radical (unpaired) electrons. The lowest BCUT2D eigenvalue weighted by atomic mass is 10.0. The van der Waals surface area contributed by atoms with Gasteiger partial charge in [0.1, 0.15) is 4.21 Å². The number of carbonyl (C=O) groups is 1. The molecule has 0 spiro atoms. The van der Waals surface area contributed by atoms with E-state index >= 15 is 0 Å². The van der Waals surface area contributed by atoms with Crippen molar-refractivity contribution in [2.75, 3.05) is 0 Å². The maximum atomic E-state index is 12.0. The lowest BCUT2D eigenvalue weighted by molar-refractivity contribution is -0.137. The van der Waals surface area contributed by atoms with Gasteiger partial charge in [0.05, 0.1) is 6.42 Å². The fourth-order valence-electron chi connectivity index (χ4n) is 1.42. The number of nitrogens with one attached hydrogen (secondary N) is 1. The summed E-state index contributed by atoms with van der Waals surface area (Å²) in [6, 6.07) is 2.65. The molecule has 1 atom stereocenters. The third kappa shape index (κ3) is 4.08. The van der Waals surface area contributed by atoms with Gasteiger partial charge in [-0.1, -0.05) is 13.8 Å². The van der Waals surface area contributed by atoms with E-state index in [-0.39, 0.29) is 16.5 Å². The van der Waals surface area contributed by atoms with E-state index in [1.807, 2.05) is 6.92 Å². The van der Waals surface area contributed by atoms with Crippen molar-refractivity contribution in [3.05, 3.63) is 17.0 Å². The van der Waals surface area contributed by atoms with E-state index in [0.29, 0.717) is 0 Å². The summed E-state index contributed by atoms with van der Waals surface area (Å²) >= 11 is 1.17. The number of hydrogen-bond donors (Lipinski definition) is 2. The quantitative estimate of drug-likeness (QED) is 0.837. The Morgan fingerprint density at radius 2 is 2.06 bits per heavy atom. The predicted molar refractivity (Wildman–Crippen MR) is 70.3 cm³/mol. The van der Waals surface area contributed by atoms with Crippen LogP contribution in [0.15, 0.2) is 16.3 Å². The maximum Gasteiger partial charge on any atom is 0.304 e. The zero-order valence-electron chi connectivity index (χ0n) is 10.5. The van der Waals surface area contributed by atoms with Crippen LogP contribution in [0.2, 0.25) is 0 Å². The van der Waals surface area contributed by atoms with Crippen molar-refractivity contribution in [2.24, 2.45) is 5.92 Å². The van der Waals surface area contributed by atoms with Gasteiger partial charge in [0.25, 0.3) is 0 Å². The van der Waals surface area contributed by atoms with Crippen molar-refractivity contribution in [1.82, 2.24) is 4.72 Å². The van der Waals surface area contributed by atoms with Crippen molar-refractivity contribution in [3.63, 3.8) is 0 Å².